The Bertz CT molecular complexity index is 414. The van der Waals surface area contributed by atoms with Crippen LogP contribution in [0.1, 0.15) is 31.9 Å². The molecule has 1 aromatic carbocycles. The van der Waals surface area contributed by atoms with Crippen molar-refractivity contribution < 1.29 is 4.79 Å². The average molecular weight is 247 g/mol. The highest BCUT2D eigenvalue weighted by Crippen LogP contribution is 2.22. The molecule has 4 heteroatoms. The average Bonchev–Trinajstić information content (AvgIpc) is 2.38. The number of carbonyl (C=O) groups is 1. The molecule has 98 valence electrons. The lowest BCUT2D eigenvalue weighted by Gasteiger charge is -2.36. The maximum absolute atomic E-state index is 11.8. The van der Waals surface area contributed by atoms with Crippen LogP contribution in [0.25, 0.3) is 0 Å². The van der Waals surface area contributed by atoms with E-state index in [0.717, 1.165) is 24.2 Å². The third kappa shape index (κ3) is 2.48. The molecule has 1 amide bonds. The van der Waals surface area contributed by atoms with Gasteiger partial charge in [-0.2, -0.15) is 0 Å². The monoisotopic (exact) mass is 247 g/mol. The zero-order valence-electron chi connectivity index (χ0n) is 11.0. The second-order valence-electron chi connectivity index (χ2n) is 4.79. The number of nitrogens with one attached hydrogen (secondary N) is 1. The number of rotatable bonds is 3. The minimum absolute atomic E-state index is 0.0469. The Balaban J connectivity index is 2.21. The van der Waals surface area contributed by atoms with E-state index in [1.54, 1.807) is 0 Å². The van der Waals surface area contributed by atoms with Gasteiger partial charge < -0.3 is 16.0 Å². The van der Waals surface area contributed by atoms with E-state index in [1.807, 2.05) is 26.0 Å². The Hall–Kier alpha value is -1.55. The van der Waals surface area contributed by atoms with Gasteiger partial charge in [-0.15, -0.1) is 0 Å². The zero-order chi connectivity index (χ0) is 13.1. The molecule has 1 fully saturated rings. The van der Waals surface area contributed by atoms with E-state index in [4.69, 9.17) is 5.73 Å². The van der Waals surface area contributed by atoms with Crippen molar-refractivity contribution in [3.63, 3.8) is 0 Å². The molecule has 1 heterocycles. The maximum atomic E-state index is 11.8. The second kappa shape index (κ2) is 5.40. The molecule has 18 heavy (non-hydrogen) atoms. The SMILES string of the molecule is CCC1C(=O)NCCN1c1ccc(C(C)N)cc1. The molecule has 0 aromatic heterocycles. The first-order chi connectivity index (χ1) is 8.63. The van der Waals surface area contributed by atoms with E-state index in [1.165, 1.54) is 0 Å². The van der Waals surface area contributed by atoms with E-state index in [0.29, 0.717) is 6.54 Å². The summed E-state index contributed by atoms with van der Waals surface area (Å²) in [4.78, 5) is 14.0. The number of piperazine rings is 1. The van der Waals surface area contributed by atoms with Crippen LogP contribution in [0.5, 0.6) is 0 Å². The molecule has 0 radical (unpaired) electrons. The van der Waals surface area contributed by atoms with Gasteiger partial charge in [0, 0.05) is 24.8 Å². The lowest BCUT2D eigenvalue weighted by Crippen LogP contribution is -2.55. The molecule has 3 N–H and O–H groups in total. The molecule has 2 unspecified atom stereocenters. The minimum Gasteiger partial charge on any atom is -0.358 e. The highest BCUT2D eigenvalue weighted by molar-refractivity contribution is 5.86. The summed E-state index contributed by atoms with van der Waals surface area (Å²) in [6, 6.07) is 8.18. The Morgan fingerprint density at radius 1 is 1.44 bits per heavy atom. The van der Waals surface area contributed by atoms with Gasteiger partial charge in [-0.05, 0) is 31.0 Å². The van der Waals surface area contributed by atoms with Crippen molar-refractivity contribution >= 4 is 11.6 Å². The minimum atomic E-state index is -0.0556. The van der Waals surface area contributed by atoms with Gasteiger partial charge in [0.15, 0.2) is 0 Å². The Labute approximate surface area is 108 Å². The molecule has 0 aliphatic carbocycles. The van der Waals surface area contributed by atoms with Crippen LogP contribution in [0.2, 0.25) is 0 Å². The summed E-state index contributed by atoms with van der Waals surface area (Å²) in [5.41, 5.74) is 8.06. The van der Waals surface area contributed by atoms with Crippen LogP contribution in [0, 0.1) is 0 Å². The molecule has 2 atom stereocenters. The van der Waals surface area contributed by atoms with E-state index in [2.05, 4.69) is 22.3 Å². The Morgan fingerprint density at radius 3 is 2.67 bits per heavy atom. The number of anilines is 1. The molecular formula is C14H21N3O. The highest BCUT2D eigenvalue weighted by Gasteiger charge is 2.27. The summed E-state index contributed by atoms with van der Waals surface area (Å²) >= 11 is 0. The van der Waals surface area contributed by atoms with Crippen molar-refractivity contribution in [2.24, 2.45) is 5.73 Å². The van der Waals surface area contributed by atoms with Gasteiger partial charge in [0.05, 0.1) is 0 Å². The zero-order valence-corrected chi connectivity index (χ0v) is 11.0. The van der Waals surface area contributed by atoms with Crippen LogP contribution >= 0.6 is 0 Å². The molecule has 4 nitrogen and oxygen atoms in total. The van der Waals surface area contributed by atoms with Gasteiger partial charge in [0.1, 0.15) is 6.04 Å². The van der Waals surface area contributed by atoms with Crippen LogP contribution in [-0.2, 0) is 4.79 Å². The first kappa shape index (κ1) is 12.9. The molecule has 0 saturated carbocycles. The van der Waals surface area contributed by atoms with Gasteiger partial charge in [0.2, 0.25) is 5.91 Å². The smallest absolute Gasteiger partial charge is 0.242 e. The Kier molecular flexibility index (Phi) is 3.87. The number of hydrogen-bond donors (Lipinski definition) is 2. The summed E-state index contributed by atoms with van der Waals surface area (Å²) in [5, 5.41) is 2.91. The third-order valence-corrected chi connectivity index (χ3v) is 3.47. The van der Waals surface area contributed by atoms with Gasteiger partial charge in [0.25, 0.3) is 0 Å². The lowest BCUT2D eigenvalue weighted by molar-refractivity contribution is -0.123. The Morgan fingerprint density at radius 2 is 2.11 bits per heavy atom. The molecular weight excluding hydrogens is 226 g/mol. The number of nitrogens with two attached hydrogens (primary N) is 1. The highest BCUT2D eigenvalue weighted by atomic mass is 16.2. The fourth-order valence-corrected chi connectivity index (χ4v) is 2.40. The van der Waals surface area contributed by atoms with Crippen LogP contribution in [0.3, 0.4) is 0 Å². The van der Waals surface area contributed by atoms with Crippen molar-refractivity contribution in [2.45, 2.75) is 32.4 Å². The van der Waals surface area contributed by atoms with Gasteiger partial charge in [-0.3, -0.25) is 4.79 Å². The first-order valence-corrected chi connectivity index (χ1v) is 6.53. The van der Waals surface area contributed by atoms with E-state index in [9.17, 15) is 4.79 Å². The van der Waals surface area contributed by atoms with E-state index >= 15 is 0 Å². The lowest BCUT2D eigenvalue weighted by atomic mass is 10.1. The second-order valence-corrected chi connectivity index (χ2v) is 4.79. The summed E-state index contributed by atoms with van der Waals surface area (Å²) in [6.45, 7) is 5.59. The van der Waals surface area contributed by atoms with Crippen molar-refractivity contribution in [1.82, 2.24) is 5.32 Å². The fraction of sp³-hybridized carbons (Fsp3) is 0.500. The fourth-order valence-electron chi connectivity index (χ4n) is 2.40. The molecule has 1 aromatic rings. The van der Waals surface area contributed by atoms with Gasteiger partial charge in [-0.25, -0.2) is 0 Å². The summed E-state index contributed by atoms with van der Waals surface area (Å²) in [7, 11) is 0. The van der Waals surface area contributed by atoms with Crippen molar-refractivity contribution in [3.8, 4) is 0 Å². The van der Waals surface area contributed by atoms with Crippen molar-refractivity contribution in [3.05, 3.63) is 29.8 Å². The largest absolute Gasteiger partial charge is 0.358 e. The number of hydrogen-bond acceptors (Lipinski definition) is 3. The predicted molar refractivity (Wildman–Crippen MR) is 73.5 cm³/mol. The molecule has 1 saturated heterocycles. The first-order valence-electron chi connectivity index (χ1n) is 6.53. The van der Waals surface area contributed by atoms with Crippen LogP contribution < -0.4 is 16.0 Å². The number of carbonyl (C=O) groups excluding carboxylic acids is 1. The topological polar surface area (TPSA) is 58.4 Å². The number of amides is 1. The van der Waals surface area contributed by atoms with Crippen LogP contribution in [0.4, 0.5) is 5.69 Å². The number of benzene rings is 1. The molecule has 1 aliphatic rings. The maximum Gasteiger partial charge on any atom is 0.242 e. The molecule has 0 spiro atoms. The van der Waals surface area contributed by atoms with Crippen molar-refractivity contribution in [2.75, 3.05) is 18.0 Å². The van der Waals surface area contributed by atoms with Crippen LogP contribution in [0.15, 0.2) is 24.3 Å². The summed E-state index contributed by atoms with van der Waals surface area (Å²) in [5.74, 6) is 0.125. The predicted octanol–water partition coefficient (Wildman–Crippen LogP) is 1.42. The van der Waals surface area contributed by atoms with Crippen LogP contribution in [-0.4, -0.2) is 25.0 Å². The quantitative estimate of drug-likeness (QED) is 0.849. The van der Waals surface area contributed by atoms with Crippen molar-refractivity contribution in [1.29, 1.82) is 0 Å². The van der Waals surface area contributed by atoms with E-state index in [-0.39, 0.29) is 18.0 Å². The van der Waals surface area contributed by atoms with Gasteiger partial charge >= 0.3 is 0 Å². The van der Waals surface area contributed by atoms with E-state index < -0.39 is 0 Å². The molecule has 2 rings (SSSR count). The third-order valence-electron chi connectivity index (χ3n) is 3.47. The van der Waals surface area contributed by atoms with Gasteiger partial charge in [-0.1, -0.05) is 19.1 Å². The molecule has 1 aliphatic heterocycles. The normalized spacial score (nSPS) is 21.6. The summed E-state index contributed by atoms with van der Waals surface area (Å²) in [6.07, 6.45) is 0.820. The number of nitrogens with zero attached hydrogens (tertiary/aromatic N) is 1. The summed E-state index contributed by atoms with van der Waals surface area (Å²) < 4.78 is 0. The standard InChI is InChI=1S/C14H21N3O/c1-3-13-14(18)16-8-9-17(13)12-6-4-11(5-7-12)10(2)15/h4-7,10,13H,3,8-9,15H2,1-2H3,(H,16,18). The molecule has 0 bridgehead atoms.